The summed E-state index contributed by atoms with van der Waals surface area (Å²) >= 11 is 1.05. The van der Waals surface area contributed by atoms with Gasteiger partial charge in [-0.2, -0.15) is 0 Å². The maximum atomic E-state index is 10.8. The largest absolute Gasteiger partial charge is 0.384 e. The third kappa shape index (κ3) is 2.67. The van der Waals surface area contributed by atoms with Crippen LogP contribution in [0, 0.1) is 10.1 Å². The molecule has 2 heterocycles. The highest BCUT2D eigenvalue weighted by atomic mass is 32.2. The summed E-state index contributed by atoms with van der Waals surface area (Å²) in [5.74, 6) is 0.224. The van der Waals surface area contributed by atoms with E-state index in [-0.39, 0.29) is 16.5 Å². The quantitative estimate of drug-likeness (QED) is 0.648. The Morgan fingerprint density at radius 2 is 2.18 bits per heavy atom. The molecular formula is C9H7N5O2S. The Labute approximate surface area is 100 Å². The van der Waals surface area contributed by atoms with E-state index in [2.05, 4.69) is 15.0 Å². The first-order chi connectivity index (χ1) is 8.16. The van der Waals surface area contributed by atoms with Crippen LogP contribution in [-0.4, -0.2) is 19.9 Å². The third-order valence-electron chi connectivity index (χ3n) is 1.80. The molecule has 2 N–H and O–H groups in total. The summed E-state index contributed by atoms with van der Waals surface area (Å²) in [6, 6.07) is 2.71. The molecule has 2 aromatic heterocycles. The monoisotopic (exact) mass is 249 g/mol. The number of anilines is 1. The highest BCUT2D eigenvalue weighted by Crippen LogP contribution is 2.31. The van der Waals surface area contributed by atoms with Gasteiger partial charge < -0.3 is 5.73 Å². The average Bonchev–Trinajstić information content (AvgIpc) is 2.30. The summed E-state index contributed by atoms with van der Waals surface area (Å²) in [4.78, 5) is 22.1. The predicted molar refractivity (Wildman–Crippen MR) is 61.5 cm³/mol. The van der Waals surface area contributed by atoms with Gasteiger partial charge in [-0.25, -0.2) is 9.97 Å². The third-order valence-corrected chi connectivity index (χ3v) is 2.71. The van der Waals surface area contributed by atoms with Crippen molar-refractivity contribution in [3.63, 3.8) is 0 Å². The molecule has 0 amide bonds. The van der Waals surface area contributed by atoms with Gasteiger partial charge in [0.1, 0.15) is 10.8 Å². The normalized spacial score (nSPS) is 10.1. The van der Waals surface area contributed by atoms with E-state index in [4.69, 9.17) is 5.73 Å². The minimum absolute atomic E-state index is 0.102. The van der Waals surface area contributed by atoms with Gasteiger partial charge in [0.25, 0.3) is 0 Å². The first-order valence-electron chi connectivity index (χ1n) is 4.51. The van der Waals surface area contributed by atoms with Crippen molar-refractivity contribution in [2.75, 3.05) is 5.73 Å². The Morgan fingerprint density at radius 3 is 2.82 bits per heavy atom. The van der Waals surface area contributed by atoms with Gasteiger partial charge in [-0.05, 0) is 17.8 Å². The zero-order valence-electron chi connectivity index (χ0n) is 8.48. The molecule has 7 nitrogen and oxygen atoms in total. The summed E-state index contributed by atoms with van der Waals surface area (Å²) < 4.78 is 0. The molecule has 0 aliphatic rings. The molecule has 2 aromatic rings. The smallest absolute Gasteiger partial charge is 0.301 e. The van der Waals surface area contributed by atoms with Crippen LogP contribution in [0.3, 0.4) is 0 Å². The van der Waals surface area contributed by atoms with Gasteiger partial charge in [-0.1, -0.05) is 0 Å². The Hall–Kier alpha value is -2.22. The summed E-state index contributed by atoms with van der Waals surface area (Å²) in [7, 11) is 0. The molecule has 0 spiro atoms. The van der Waals surface area contributed by atoms with Gasteiger partial charge in [0.2, 0.25) is 0 Å². The number of nitro groups is 1. The molecule has 0 fully saturated rings. The van der Waals surface area contributed by atoms with E-state index in [1.54, 1.807) is 0 Å². The molecule has 86 valence electrons. The zero-order valence-corrected chi connectivity index (χ0v) is 9.29. The molecule has 0 aliphatic heterocycles. The number of nitrogens with two attached hydrogens (primary N) is 1. The van der Waals surface area contributed by atoms with Gasteiger partial charge in [0, 0.05) is 18.5 Å². The molecule has 0 aliphatic carbocycles. The Balaban J connectivity index is 2.37. The molecule has 0 bridgehead atoms. The second-order valence-corrected chi connectivity index (χ2v) is 3.97. The van der Waals surface area contributed by atoms with E-state index in [9.17, 15) is 10.1 Å². The van der Waals surface area contributed by atoms with Crippen molar-refractivity contribution in [2.24, 2.45) is 0 Å². The van der Waals surface area contributed by atoms with Crippen LogP contribution in [0.2, 0.25) is 0 Å². The van der Waals surface area contributed by atoms with Crippen LogP contribution in [0.25, 0.3) is 0 Å². The highest BCUT2D eigenvalue weighted by molar-refractivity contribution is 7.99. The average molecular weight is 249 g/mol. The standard InChI is InChI=1S/C9H7N5O2S/c10-7-2-1-6(14(15)16)9(13-7)17-8-5-11-3-4-12-8/h1-5H,(H2,10,13). The van der Waals surface area contributed by atoms with Crippen molar-refractivity contribution in [2.45, 2.75) is 10.1 Å². The first kappa shape index (κ1) is 11.3. The minimum Gasteiger partial charge on any atom is -0.384 e. The number of hydrogen-bond donors (Lipinski definition) is 1. The van der Waals surface area contributed by atoms with Crippen molar-refractivity contribution in [1.82, 2.24) is 15.0 Å². The molecule has 8 heteroatoms. The van der Waals surface area contributed by atoms with E-state index >= 15 is 0 Å². The zero-order chi connectivity index (χ0) is 12.3. The SMILES string of the molecule is Nc1ccc([N+](=O)[O-])c(Sc2cnccn2)n1. The maximum Gasteiger partial charge on any atom is 0.301 e. The number of pyridine rings is 1. The van der Waals surface area contributed by atoms with Crippen LogP contribution in [-0.2, 0) is 0 Å². The second-order valence-electron chi connectivity index (χ2n) is 2.96. The second kappa shape index (κ2) is 4.74. The lowest BCUT2D eigenvalue weighted by Gasteiger charge is -2.01. The molecular weight excluding hydrogens is 242 g/mol. The van der Waals surface area contributed by atoms with E-state index in [0.717, 1.165) is 11.8 Å². The predicted octanol–water partition coefficient (Wildman–Crippen LogP) is 1.51. The lowest BCUT2D eigenvalue weighted by Crippen LogP contribution is -1.97. The fourth-order valence-electron chi connectivity index (χ4n) is 1.10. The van der Waals surface area contributed by atoms with Gasteiger partial charge in [-0.15, -0.1) is 0 Å². The summed E-state index contributed by atoms with van der Waals surface area (Å²) in [6.07, 6.45) is 4.52. The van der Waals surface area contributed by atoms with E-state index in [1.165, 1.54) is 30.7 Å². The van der Waals surface area contributed by atoms with E-state index < -0.39 is 4.92 Å². The van der Waals surface area contributed by atoms with Crippen LogP contribution < -0.4 is 5.73 Å². The summed E-state index contributed by atoms with van der Waals surface area (Å²) in [5.41, 5.74) is 5.40. The van der Waals surface area contributed by atoms with E-state index in [0.29, 0.717) is 5.03 Å². The molecule has 0 atom stereocenters. The van der Waals surface area contributed by atoms with Crippen LogP contribution in [0.1, 0.15) is 0 Å². The summed E-state index contributed by atoms with van der Waals surface area (Å²) in [5, 5.41) is 11.5. The molecule has 0 aromatic carbocycles. The molecule has 17 heavy (non-hydrogen) atoms. The summed E-state index contributed by atoms with van der Waals surface area (Å²) in [6.45, 7) is 0. The topological polar surface area (TPSA) is 108 Å². The Bertz CT molecular complexity index is 548. The fraction of sp³-hybridized carbons (Fsp3) is 0. The van der Waals surface area contributed by atoms with Crippen LogP contribution >= 0.6 is 11.8 Å². The van der Waals surface area contributed by atoms with Crippen molar-refractivity contribution < 1.29 is 4.92 Å². The number of aromatic nitrogens is 3. The van der Waals surface area contributed by atoms with Gasteiger partial charge in [-0.3, -0.25) is 15.1 Å². The number of hydrogen-bond acceptors (Lipinski definition) is 7. The number of nitrogen functional groups attached to an aromatic ring is 1. The van der Waals surface area contributed by atoms with Gasteiger partial charge in [0.05, 0.1) is 11.1 Å². The van der Waals surface area contributed by atoms with Crippen LogP contribution in [0.5, 0.6) is 0 Å². The highest BCUT2D eigenvalue weighted by Gasteiger charge is 2.17. The molecule has 2 rings (SSSR count). The van der Waals surface area contributed by atoms with Crippen LogP contribution in [0.15, 0.2) is 40.8 Å². The Morgan fingerprint density at radius 1 is 1.35 bits per heavy atom. The van der Waals surface area contributed by atoms with Crippen molar-refractivity contribution in [1.29, 1.82) is 0 Å². The van der Waals surface area contributed by atoms with Crippen molar-refractivity contribution in [3.8, 4) is 0 Å². The van der Waals surface area contributed by atoms with E-state index in [1.807, 2.05) is 0 Å². The fourth-order valence-corrected chi connectivity index (χ4v) is 1.92. The van der Waals surface area contributed by atoms with Crippen molar-refractivity contribution in [3.05, 3.63) is 40.8 Å². The minimum atomic E-state index is -0.509. The van der Waals surface area contributed by atoms with Crippen molar-refractivity contribution >= 4 is 23.3 Å². The molecule has 0 saturated heterocycles. The number of rotatable bonds is 3. The molecule has 0 radical (unpaired) electrons. The lowest BCUT2D eigenvalue weighted by molar-refractivity contribution is -0.388. The first-order valence-corrected chi connectivity index (χ1v) is 5.33. The number of nitrogens with zero attached hydrogens (tertiary/aromatic N) is 4. The Kier molecular flexibility index (Phi) is 3.15. The lowest BCUT2D eigenvalue weighted by atomic mass is 10.4. The maximum absolute atomic E-state index is 10.8. The van der Waals surface area contributed by atoms with Gasteiger partial charge >= 0.3 is 5.69 Å². The van der Waals surface area contributed by atoms with Crippen LogP contribution in [0.4, 0.5) is 11.5 Å². The molecule has 0 saturated carbocycles. The van der Waals surface area contributed by atoms with Gasteiger partial charge in [0.15, 0.2) is 5.03 Å². The molecule has 0 unspecified atom stereocenters.